The van der Waals surface area contributed by atoms with Crippen LogP contribution < -0.4 is 5.32 Å². The Bertz CT molecular complexity index is 1260. The van der Waals surface area contributed by atoms with Gasteiger partial charge in [-0.1, -0.05) is 54.1 Å². The molecule has 0 aliphatic rings. The summed E-state index contributed by atoms with van der Waals surface area (Å²) in [5, 5.41) is 15.2. The van der Waals surface area contributed by atoms with Crippen molar-refractivity contribution in [3.05, 3.63) is 104 Å². The van der Waals surface area contributed by atoms with Crippen LogP contribution in [0, 0.1) is 24.0 Å². The number of anilines is 1. The number of amides is 1. The first kappa shape index (κ1) is 19.8. The summed E-state index contributed by atoms with van der Waals surface area (Å²) in [6.07, 6.45) is 0.614. The molecule has 0 aliphatic carbocycles. The summed E-state index contributed by atoms with van der Waals surface area (Å²) in [7, 11) is 0. The maximum atomic E-state index is 13.2. The highest BCUT2D eigenvalue weighted by Crippen LogP contribution is 2.34. The van der Waals surface area contributed by atoms with Gasteiger partial charge < -0.3 is 5.32 Å². The topological polar surface area (TPSA) is 72.2 Å². The van der Waals surface area contributed by atoms with Gasteiger partial charge in [-0.2, -0.15) is 0 Å². The van der Waals surface area contributed by atoms with Crippen molar-refractivity contribution in [3.8, 4) is 0 Å². The quantitative estimate of drug-likeness (QED) is 0.308. The molecule has 6 heteroatoms. The van der Waals surface area contributed by atoms with Gasteiger partial charge in [-0.3, -0.25) is 14.9 Å². The highest BCUT2D eigenvalue weighted by molar-refractivity contribution is 7.21. The molecule has 150 valence electrons. The van der Waals surface area contributed by atoms with Crippen molar-refractivity contribution >= 4 is 38.7 Å². The van der Waals surface area contributed by atoms with Crippen LogP contribution in [-0.4, -0.2) is 10.8 Å². The van der Waals surface area contributed by atoms with Crippen LogP contribution >= 0.6 is 11.3 Å². The summed E-state index contributed by atoms with van der Waals surface area (Å²) in [5.74, 6) is -0.328. The molecule has 0 aliphatic heterocycles. The molecule has 0 spiro atoms. The van der Waals surface area contributed by atoms with Crippen LogP contribution in [0.2, 0.25) is 0 Å². The van der Waals surface area contributed by atoms with E-state index in [1.807, 2.05) is 31.2 Å². The fourth-order valence-electron chi connectivity index (χ4n) is 3.45. The molecule has 0 saturated carbocycles. The fourth-order valence-corrected chi connectivity index (χ4v) is 4.56. The minimum atomic E-state index is -0.471. The molecule has 0 atom stereocenters. The van der Waals surface area contributed by atoms with Crippen molar-refractivity contribution in [2.45, 2.75) is 20.3 Å². The molecule has 1 aromatic heterocycles. The highest BCUT2D eigenvalue weighted by atomic mass is 32.1. The maximum absolute atomic E-state index is 13.2. The van der Waals surface area contributed by atoms with Crippen LogP contribution in [0.25, 0.3) is 10.1 Å². The van der Waals surface area contributed by atoms with E-state index in [-0.39, 0.29) is 17.3 Å². The van der Waals surface area contributed by atoms with Gasteiger partial charge in [0.05, 0.1) is 9.80 Å². The van der Waals surface area contributed by atoms with E-state index < -0.39 is 4.92 Å². The molecular weight excluding hydrogens is 396 g/mol. The lowest BCUT2D eigenvalue weighted by molar-refractivity contribution is -0.384. The Morgan fingerprint density at radius 2 is 1.70 bits per heavy atom. The van der Waals surface area contributed by atoms with Crippen molar-refractivity contribution in [2.24, 2.45) is 0 Å². The zero-order valence-corrected chi connectivity index (χ0v) is 17.5. The second-order valence-corrected chi connectivity index (χ2v) is 8.35. The maximum Gasteiger partial charge on any atom is 0.293 e. The number of nitro groups is 1. The number of rotatable bonds is 5. The Labute approximate surface area is 178 Å². The second-order valence-electron chi connectivity index (χ2n) is 7.30. The van der Waals surface area contributed by atoms with Crippen molar-refractivity contribution in [2.75, 3.05) is 5.32 Å². The lowest BCUT2D eigenvalue weighted by atomic mass is 10.0. The van der Waals surface area contributed by atoms with E-state index >= 15 is 0 Å². The Morgan fingerprint density at radius 1 is 1.00 bits per heavy atom. The summed E-state index contributed by atoms with van der Waals surface area (Å²) in [6, 6.07) is 20.9. The third kappa shape index (κ3) is 3.95. The van der Waals surface area contributed by atoms with E-state index in [4.69, 9.17) is 0 Å². The standard InChI is InChI=1S/C24H20N2O3S/c1-15-7-10-17(11-8-15)14-19-18-5-3-4-6-22(18)30-23(19)24(27)25-20-12-9-16(2)13-21(20)26(28)29/h3-13H,14H2,1-2H3,(H,25,27). The van der Waals surface area contributed by atoms with Gasteiger partial charge in [-0.05, 0) is 54.5 Å². The molecule has 5 nitrogen and oxygen atoms in total. The third-order valence-corrected chi connectivity index (χ3v) is 6.22. The first-order valence-electron chi connectivity index (χ1n) is 9.54. The number of hydrogen-bond donors (Lipinski definition) is 1. The minimum Gasteiger partial charge on any atom is -0.316 e. The van der Waals surface area contributed by atoms with Gasteiger partial charge in [0.2, 0.25) is 0 Å². The van der Waals surface area contributed by atoms with Gasteiger partial charge in [0, 0.05) is 10.8 Å². The molecule has 0 fully saturated rings. The Kier molecular flexibility index (Phi) is 5.33. The minimum absolute atomic E-state index is 0.107. The summed E-state index contributed by atoms with van der Waals surface area (Å²) in [6.45, 7) is 3.82. The largest absolute Gasteiger partial charge is 0.316 e. The van der Waals surface area contributed by atoms with Crippen LogP contribution in [0.1, 0.15) is 31.9 Å². The molecule has 30 heavy (non-hydrogen) atoms. The number of fused-ring (bicyclic) bond motifs is 1. The van der Waals surface area contributed by atoms with Gasteiger partial charge in [0.1, 0.15) is 5.69 Å². The monoisotopic (exact) mass is 416 g/mol. The number of aryl methyl sites for hydroxylation is 2. The Morgan fingerprint density at radius 3 is 2.43 bits per heavy atom. The summed E-state index contributed by atoms with van der Waals surface area (Å²) in [4.78, 5) is 24.7. The molecule has 0 bridgehead atoms. The summed E-state index contributed by atoms with van der Waals surface area (Å²) in [5.41, 5.74) is 4.09. The van der Waals surface area contributed by atoms with Crippen LogP contribution in [0.3, 0.4) is 0 Å². The number of nitro benzene ring substituents is 1. The number of benzene rings is 3. The number of thiophene rings is 1. The van der Waals surface area contributed by atoms with Crippen LogP contribution in [0.15, 0.2) is 66.7 Å². The van der Waals surface area contributed by atoms with E-state index in [2.05, 4.69) is 29.6 Å². The van der Waals surface area contributed by atoms with E-state index in [0.717, 1.165) is 26.8 Å². The normalized spacial score (nSPS) is 10.9. The number of hydrogen-bond acceptors (Lipinski definition) is 4. The van der Waals surface area contributed by atoms with E-state index in [9.17, 15) is 14.9 Å². The Balaban J connectivity index is 1.74. The summed E-state index contributed by atoms with van der Waals surface area (Å²) >= 11 is 1.41. The predicted octanol–water partition coefficient (Wildman–Crippen LogP) is 6.27. The molecule has 0 unspecified atom stereocenters. The smallest absolute Gasteiger partial charge is 0.293 e. The fraction of sp³-hybridized carbons (Fsp3) is 0.125. The second kappa shape index (κ2) is 8.08. The van der Waals surface area contributed by atoms with Crippen LogP contribution in [0.4, 0.5) is 11.4 Å². The molecule has 1 amide bonds. The molecular formula is C24H20N2O3S. The SMILES string of the molecule is Cc1ccc(Cc2c(C(=O)Nc3ccc(C)cc3[N+](=O)[O-])sc3ccccc23)cc1. The lowest BCUT2D eigenvalue weighted by Crippen LogP contribution is -2.13. The van der Waals surface area contributed by atoms with Gasteiger partial charge in [0.15, 0.2) is 0 Å². The van der Waals surface area contributed by atoms with Crippen molar-refractivity contribution in [1.29, 1.82) is 0 Å². The van der Waals surface area contributed by atoms with Crippen molar-refractivity contribution in [3.63, 3.8) is 0 Å². The van der Waals surface area contributed by atoms with Gasteiger partial charge >= 0.3 is 0 Å². The van der Waals surface area contributed by atoms with E-state index in [1.165, 1.54) is 23.0 Å². The van der Waals surface area contributed by atoms with Crippen molar-refractivity contribution in [1.82, 2.24) is 0 Å². The Hall–Kier alpha value is -3.51. The number of carbonyl (C=O) groups excluding carboxylic acids is 1. The lowest BCUT2D eigenvalue weighted by Gasteiger charge is -2.08. The molecule has 0 radical (unpaired) electrons. The number of nitrogens with one attached hydrogen (secondary N) is 1. The molecule has 4 aromatic rings. The first-order valence-corrected chi connectivity index (χ1v) is 10.4. The highest BCUT2D eigenvalue weighted by Gasteiger charge is 2.22. The van der Waals surface area contributed by atoms with E-state index in [0.29, 0.717) is 11.3 Å². The van der Waals surface area contributed by atoms with Gasteiger partial charge in [-0.25, -0.2) is 0 Å². The van der Waals surface area contributed by atoms with Gasteiger partial charge in [-0.15, -0.1) is 11.3 Å². The summed E-state index contributed by atoms with van der Waals surface area (Å²) < 4.78 is 1.02. The average Bonchev–Trinajstić information content (AvgIpc) is 3.09. The third-order valence-electron chi connectivity index (χ3n) is 5.00. The zero-order chi connectivity index (χ0) is 21.3. The molecule has 4 rings (SSSR count). The molecule has 0 saturated heterocycles. The molecule has 1 heterocycles. The molecule has 1 N–H and O–H groups in total. The zero-order valence-electron chi connectivity index (χ0n) is 16.6. The van der Waals surface area contributed by atoms with Crippen molar-refractivity contribution < 1.29 is 9.72 Å². The van der Waals surface area contributed by atoms with Crippen LogP contribution in [-0.2, 0) is 6.42 Å². The predicted molar refractivity (Wildman–Crippen MR) is 122 cm³/mol. The average molecular weight is 417 g/mol. The number of carbonyl (C=O) groups is 1. The first-order chi connectivity index (χ1) is 14.4. The van der Waals surface area contributed by atoms with E-state index in [1.54, 1.807) is 19.1 Å². The van der Waals surface area contributed by atoms with Gasteiger partial charge in [0.25, 0.3) is 11.6 Å². The van der Waals surface area contributed by atoms with Crippen LogP contribution in [0.5, 0.6) is 0 Å². The number of nitrogens with zero attached hydrogens (tertiary/aromatic N) is 1. The molecule has 3 aromatic carbocycles.